The average Bonchev–Trinajstić information content (AvgIpc) is 3.34. The van der Waals surface area contributed by atoms with Gasteiger partial charge in [0.1, 0.15) is 0 Å². The molecule has 0 saturated carbocycles. The summed E-state index contributed by atoms with van der Waals surface area (Å²) in [5, 5.41) is 5.43. The Hall–Kier alpha value is -3.01. The van der Waals surface area contributed by atoms with Crippen LogP contribution in [0.4, 0.5) is 0 Å². The molecule has 0 unspecified atom stereocenters. The number of ether oxygens (including phenoxy) is 1. The normalized spacial score (nSPS) is 17.4. The number of pyridine rings is 1. The van der Waals surface area contributed by atoms with Crippen LogP contribution in [0.2, 0.25) is 5.02 Å². The van der Waals surface area contributed by atoms with Crippen molar-refractivity contribution in [3.8, 4) is 0 Å². The summed E-state index contributed by atoms with van der Waals surface area (Å²) >= 11 is 5.99. The van der Waals surface area contributed by atoms with E-state index in [1.54, 1.807) is 0 Å². The molecule has 0 radical (unpaired) electrons. The topological polar surface area (TPSA) is 69.5 Å². The fourth-order valence-corrected chi connectivity index (χ4v) is 6.35. The van der Waals surface area contributed by atoms with E-state index in [9.17, 15) is 9.59 Å². The number of hydrogen-bond acceptors (Lipinski definition) is 6. The van der Waals surface area contributed by atoms with Crippen molar-refractivity contribution in [1.82, 2.24) is 24.4 Å². The summed E-state index contributed by atoms with van der Waals surface area (Å²) in [6.07, 6.45) is 3.92. The summed E-state index contributed by atoms with van der Waals surface area (Å²) in [5.74, 6) is -0.169. The maximum Gasteiger partial charge on any atom is 0.224 e. The summed E-state index contributed by atoms with van der Waals surface area (Å²) < 4.78 is 7.71. The van der Waals surface area contributed by atoms with Gasteiger partial charge in [-0.2, -0.15) is 0 Å². The number of piperazine rings is 1. The van der Waals surface area contributed by atoms with Crippen LogP contribution in [0.25, 0.3) is 16.3 Å². The number of likely N-dealkylation sites (N-methyl/N-ethyl adjacent to an activating group) is 1. The number of rotatable bonds is 10. The molecule has 0 aliphatic carbocycles. The molecule has 2 aromatic carbocycles. The van der Waals surface area contributed by atoms with Gasteiger partial charge in [-0.1, -0.05) is 23.7 Å². The Balaban J connectivity index is 1.26. The molecule has 6 rings (SSSR count). The van der Waals surface area contributed by atoms with Gasteiger partial charge < -0.3 is 24.3 Å². The Morgan fingerprint density at radius 2 is 1.71 bits per heavy atom. The Labute approximate surface area is 252 Å². The number of nitrogens with one attached hydrogen (secondary N) is 1. The van der Waals surface area contributed by atoms with E-state index >= 15 is 0 Å². The van der Waals surface area contributed by atoms with Crippen LogP contribution in [0.1, 0.15) is 28.8 Å². The lowest BCUT2D eigenvalue weighted by Crippen LogP contribution is -2.44. The zero-order chi connectivity index (χ0) is 29.1. The van der Waals surface area contributed by atoms with Crippen molar-refractivity contribution in [2.75, 3.05) is 66.1 Å². The molecule has 222 valence electrons. The third-order valence-corrected chi connectivity index (χ3v) is 8.91. The zero-order valence-electron chi connectivity index (χ0n) is 24.4. The number of benzene rings is 2. The molecule has 2 aliphatic rings. The fourth-order valence-electron chi connectivity index (χ4n) is 6.22. The molecule has 4 aromatic rings. The molecule has 9 heteroatoms. The van der Waals surface area contributed by atoms with Crippen LogP contribution in [-0.2, 0) is 35.5 Å². The van der Waals surface area contributed by atoms with Crippen LogP contribution in [0, 0.1) is 0 Å². The Bertz CT molecular complexity index is 1570. The number of morpholine rings is 1. The molecule has 0 bridgehead atoms. The van der Waals surface area contributed by atoms with Gasteiger partial charge in [-0.3, -0.25) is 14.5 Å². The quantitative estimate of drug-likeness (QED) is 0.306. The maximum atomic E-state index is 13.8. The highest BCUT2D eigenvalue weighted by atomic mass is 35.5. The lowest BCUT2D eigenvalue weighted by atomic mass is 10.0. The summed E-state index contributed by atoms with van der Waals surface area (Å²) in [5.41, 5.74) is 4.71. The van der Waals surface area contributed by atoms with Crippen LogP contribution in [-0.4, -0.2) is 91.1 Å². The second-order valence-electron chi connectivity index (χ2n) is 11.8. The van der Waals surface area contributed by atoms with E-state index in [4.69, 9.17) is 16.3 Å². The number of halogens is 1. The fraction of sp³-hybridized carbons (Fsp3) is 0.455. The molecule has 2 aromatic heterocycles. The number of amides is 1. The molecular weight excluding hydrogens is 550 g/mol. The largest absolute Gasteiger partial charge is 0.379 e. The molecule has 1 N–H and O–H groups in total. The van der Waals surface area contributed by atoms with E-state index in [0.717, 1.165) is 100 Å². The first kappa shape index (κ1) is 29.1. The number of aromatic nitrogens is 1. The van der Waals surface area contributed by atoms with Crippen molar-refractivity contribution in [2.24, 2.45) is 0 Å². The van der Waals surface area contributed by atoms with Crippen LogP contribution >= 0.6 is 11.6 Å². The standard InChI is InChI=1S/C33H40ClN5O3/c1-36-9-11-37(12-10-36)8-2-3-29-19-26-17-25(22-38-13-15-42-16-14-38)18-30-32(26)39(29)23-27(33(30)41)20-31(40)35-21-24-4-6-28(34)7-5-24/h4-7,17-19,23H,2-3,8-16,20-22H2,1H3,(H,35,40). The van der Waals surface area contributed by atoms with Crippen molar-refractivity contribution in [3.63, 3.8) is 0 Å². The molecule has 2 saturated heterocycles. The SMILES string of the molecule is CN1CCN(CCCc2cc3cc(CN4CCOCC4)cc4c(=O)c(CC(=O)NCc5ccc(Cl)cc5)cn2c34)CC1. The molecule has 8 nitrogen and oxygen atoms in total. The first-order valence-electron chi connectivity index (χ1n) is 15.1. The van der Waals surface area contributed by atoms with Gasteiger partial charge in [-0.25, -0.2) is 0 Å². The van der Waals surface area contributed by atoms with Gasteiger partial charge in [-0.05, 0) is 67.9 Å². The minimum atomic E-state index is -0.169. The van der Waals surface area contributed by atoms with E-state index in [-0.39, 0.29) is 17.8 Å². The predicted molar refractivity (Wildman–Crippen MR) is 168 cm³/mol. The van der Waals surface area contributed by atoms with E-state index < -0.39 is 0 Å². The minimum absolute atomic E-state index is 0.0416. The van der Waals surface area contributed by atoms with E-state index in [1.165, 1.54) is 5.69 Å². The number of hydrogen-bond donors (Lipinski definition) is 1. The monoisotopic (exact) mass is 589 g/mol. The van der Waals surface area contributed by atoms with E-state index in [1.807, 2.05) is 36.5 Å². The second kappa shape index (κ2) is 13.1. The molecule has 2 aliphatic heterocycles. The first-order valence-corrected chi connectivity index (χ1v) is 15.4. The number of nitrogens with zero attached hydrogens (tertiary/aromatic N) is 4. The molecule has 2 fully saturated rings. The van der Waals surface area contributed by atoms with Gasteiger partial charge >= 0.3 is 0 Å². The highest BCUT2D eigenvalue weighted by Gasteiger charge is 2.20. The average molecular weight is 590 g/mol. The Morgan fingerprint density at radius 1 is 0.952 bits per heavy atom. The van der Waals surface area contributed by atoms with Crippen molar-refractivity contribution < 1.29 is 9.53 Å². The number of carbonyl (C=O) groups is 1. The van der Waals surface area contributed by atoms with E-state index in [0.29, 0.717) is 22.5 Å². The third kappa shape index (κ3) is 6.79. The lowest BCUT2D eigenvalue weighted by molar-refractivity contribution is -0.120. The number of carbonyl (C=O) groups excluding carboxylic acids is 1. The first-order chi connectivity index (χ1) is 20.4. The molecule has 4 heterocycles. The summed E-state index contributed by atoms with van der Waals surface area (Å²) in [7, 11) is 2.18. The molecule has 0 spiro atoms. The zero-order valence-corrected chi connectivity index (χ0v) is 25.2. The van der Waals surface area contributed by atoms with Gasteiger partial charge in [0.05, 0.1) is 25.2 Å². The Kier molecular flexibility index (Phi) is 9.07. The van der Waals surface area contributed by atoms with Gasteiger partial charge in [-0.15, -0.1) is 0 Å². The smallest absolute Gasteiger partial charge is 0.224 e. The van der Waals surface area contributed by atoms with Crippen molar-refractivity contribution >= 4 is 33.8 Å². The van der Waals surface area contributed by atoms with Gasteiger partial charge in [0.2, 0.25) is 5.91 Å². The summed E-state index contributed by atoms with van der Waals surface area (Å²) in [6, 6.07) is 13.9. The van der Waals surface area contributed by atoms with E-state index in [2.05, 4.69) is 43.6 Å². The maximum absolute atomic E-state index is 13.8. The van der Waals surface area contributed by atoms with Crippen molar-refractivity contribution in [1.29, 1.82) is 0 Å². The minimum Gasteiger partial charge on any atom is -0.379 e. The lowest BCUT2D eigenvalue weighted by Gasteiger charge is -2.32. The van der Waals surface area contributed by atoms with Crippen molar-refractivity contribution in [2.45, 2.75) is 32.4 Å². The van der Waals surface area contributed by atoms with Gasteiger partial charge in [0.25, 0.3) is 0 Å². The molecular formula is C33H40ClN5O3. The van der Waals surface area contributed by atoms with Crippen LogP contribution in [0.3, 0.4) is 0 Å². The van der Waals surface area contributed by atoms with Crippen LogP contribution in [0.5, 0.6) is 0 Å². The van der Waals surface area contributed by atoms with Crippen LogP contribution in [0.15, 0.2) is 53.5 Å². The predicted octanol–water partition coefficient (Wildman–Crippen LogP) is 3.42. The highest BCUT2D eigenvalue weighted by Crippen LogP contribution is 2.27. The van der Waals surface area contributed by atoms with Gasteiger partial charge in [0.15, 0.2) is 5.43 Å². The van der Waals surface area contributed by atoms with Crippen molar-refractivity contribution in [3.05, 3.63) is 86.3 Å². The summed E-state index contributed by atoms with van der Waals surface area (Å²) in [4.78, 5) is 34.1. The molecule has 1 amide bonds. The second-order valence-corrected chi connectivity index (χ2v) is 12.2. The number of aryl methyl sites for hydroxylation is 1. The highest BCUT2D eigenvalue weighted by molar-refractivity contribution is 6.30. The van der Waals surface area contributed by atoms with Gasteiger partial charge in [0, 0.05) is 85.6 Å². The molecule has 42 heavy (non-hydrogen) atoms. The van der Waals surface area contributed by atoms with Crippen LogP contribution < -0.4 is 10.7 Å². The third-order valence-electron chi connectivity index (χ3n) is 8.66. The molecule has 0 atom stereocenters. The Morgan fingerprint density at radius 3 is 2.48 bits per heavy atom. The summed E-state index contributed by atoms with van der Waals surface area (Å²) in [6.45, 7) is 9.93.